The first-order valence-electron chi connectivity index (χ1n) is 8.60. The summed E-state index contributed by atoms with van der Waals surface area (Å²) >= 11 is 0. The van der Waals surface area contributed by atoms with E-state index in [2.05, 4.69) is 10.2 Å². The third kappa shape index (κ3) is 3.43. The molecule has 0 fully saturated rings. The minimum atomic E-state index is -4.47. The number of carbonyl (C=O) groups excluding carboxylic acids is 1. The van der Waals surface area contributed by atoms with Gasteiger partial charge in [-0.1, -0.05) is 12.1 Å². The maximum Gasteiger partial charge on any atom is 0.416 e. The summed E-state index contributed by atoms with van der Waals surface area (Å²) in [4.78, 5) is 15.1. The zero-order valence-electron chi connectivity index (χ0n) is 14.7. The highest BCUT2D eigenvalue weighted by Crippen LogP contribution is 2.36. The summed E-state index contributed by atoms with van der Waals surface area (Å²) in [6.07, 6.45) is -1.66. The normalized spacial score (nSPS) is 21.0. The number of halogens is 3. The Kier molecular flexibility index (Phi) is 4.98. The Hall–Kier alpha value is -2.44. The highest BCUT2D eigenvalue weighted by Gasteiger charge is 2.39. The van der Waals surface area contributed by atoms with Gasteiger partial charge in [0.25, 0.3) is 0 Å². The lowest BCUT2D eigenvalue weighted by atomic mass is 9.93. The second kappa shape index (κ2) is 7.05. The summed E-state index contributed by atoms with van der Waals surface area (Å²) in [5, 5.41) is 2.81. The quantitative estimate of drug-likeness (QED) is 0.885. The Labute approximate surface area is 150 Å². The summed E-state index contributed by atoms with van der Waals surface area (Å²) in [6, 6.07) is 4.78. The van der Waals surface area contributed by atoms with Crippen LogP contribution < -0.4 is 5.32 Å². The van der Waals surface area contributed by atoms with E-state index >= 15 is 0 Å². The van der Waals surface area contributed by atoms with Gasteiger partial charge in [0.1, 0.15) is 0 Å². The smallest absolute Gasteiger partial charge is 0.416 e. The van der Waals surface area contributed by atoms with Gasteiger partial charge < -0.3 is 15.0 Å². The minimum Gasteiger partial charge on any atom is -0.462 e. The van der Waals surface area contributed by atoms with Gasteiger partial charge in [0.05, 0.1) is 11.1 Å². The molecule has 1 aromatic rings. The number of hydrogen-bond acceptors (Lipinski definition) is 4. The van der Waals surface area contributed by atoms with Crippen LogP contribution in [0.25, 0.3) is 5.57 Å². The Morgan fingerprint density at radius 1 is 1.35 bits per heavy atom. The molecule has 0 radical (unpaired) electrons. The first-order chi connectivity index (χ1) is 12.3. The first kappa shape index (κ1) is 18.4. The van der Waals surface area contributed by atoms with E-state index in [0.29, 0.717) is 0 Å². The molecule has 140 valence electrons. The van der Waals surface area contributed by atoms with Crippen molar-refractivity contribution in [1.82, 2.24) is 10.2 Å². The molecule has 1 atom stereocenters. The number of carbonyl (C=O) groups is 1. The van der Waals surface area contributed by atoms with E-state index in [1.165, 1.54) is 12.1 Å². The fraction of sp³-hybridized carbons (Fsp3) is 0.421. The van der Waals surface area contributed by atoms with Gasteiger partial charge in [-0.15, -0.1) is 0 Å². The average molecular weight is 366 g/mol. The topological polar surface area (TPSA) is 41.6 Å². The molecule has 7 heteroatoms. The van der Waals surface area contributed by atoms with Crippen LogP contribution in [0.4, 0.5) is 13.2 Å². The van der Waals surface area contributed by atoms with E-state index in [1.54, 1.807) is 7.05 Å². The van der Waals surface area contributed by atoms with Crippen LogP contribution in [0.5, 0.6) is 0 Å². The second-order valence-electron chi connectivity index (χ2n) is 6.33. The van der Waals surface area contributed by atoms with E-state index < -0.39 is 17.8 Å². The number of rotatable bonds is 4. The van der Waals surface area contributed by atoms with Crippen molar-refractivity contribution in [3.8, 4) is 0 Å². The molecule has 0 aromatic heterocycles. The maximum absolute atomic E-state index is 13.0. The van der Waals surface area contributed by atoms with Crippen LogP contribution in [-0.2, 0) is 15.7 Å². The van der Waals surface area contributed by atoms with Crippen LogP contribution in [0.2, 0.25) is 0 Å². The predicted octanol–water partition coefficient (Wildman–Crippen LogP) is 3.56. The van der Waals surface area contributed by atoms with Crippen molar-refractivity contribution in [3.63, 3.8) is 0 Å². The van der Waals surface area contributed by atoms with Crippen molar-refractivity contribution in [1.29, 1.82) is 0 Å². The molecule has 0 spiro atoms. The standard InChI is InChI=1S/C19H21F3N2O2/c1-3-24-9-5-7-13(11-24)17-16(25)15(18(23-2)26-17)12-6-4-8-14(10-12)19(20,21)22/h4,6,8,10-11,17,23H,3,5,7,9H2,1-2H3. The van der Waals surface area contributed by atoms with Crippen molar-refractivity contribution < 1.29 is 22.7 Å². The lowest BCUT2D eigenvalue weighted by molar-refractivity contribution is -0.137. The molecule has 0 bridgehead atoms. The van der Waals surface area contributed by atoms with Gasteiger partial charge in [0.2, 0.25) is 5.78 Å². The van der Waals surface area contributed by atoms with Gasteiger partial charge in [-0.2, -0.15) is 13.2 Å². The van der Waals surface area contributed by atoms with Crippen LogP contribution in [0.1, 0.15) is 30.9 Å². The summed E-state index contributed by atoms with van der Waals surface area (Å²) in [5.41, 5.74) is 0.444. The Morgan fingerprint density at radius 3 is 2.77 bits per heavy atom. The van der Waals surface area contributed by atoms with Crippen molar-refractivity contribution >= 4 is 11.4 Å². The number of ketones is 1. The number of alkyl halides is 3. The third-order valence-electron chi connectivity index (χ3n) is 4.66. The number of hydrogen-bond donors (Lipinski definition) is 1. The van der Waals surface area contributed by atoms with Gasteiger partial charge >= 0.3 is 6.18 Å². The van der Waals surface area contributed by atoms with Gasteiger partial charge in [-0.3, -0.25) is 4.79 Å². The average Bonchev–Trinajstić information content (AvgIpc) is 2.97. The monoisotopic (exact) mass is 366 g/mol. The molecule has 2 aliphatic heterocycles. The second-order valence-corrected chi connectivity index (χ2v) is 6.33. The minimum absolute atomic E-state index is 0.165. The first-order valence-corrected chi connectivity index (χ1v) is 8.60. The molecule has 26 heavy (non-hydrogen) atoms. The molecule has 1 N–H and O–H groups in total. The Morgan fingerprint density at radius 2 is 2.12 bits per heavy atom. The van der Waals surface area contributed by atoms with Gasteiger partial charge in [-0.25, -0.2) is 0 Å². The molecule has 1 unspecified atom stereocenters. The van der Waals surface area contributed by atoms with Crippen LogP contribution >= 0.6 is 0 Å². The van der Waals surface area contributed by atoms with E-state index in [9.17, 15) is 18.0 Å². The lowest BCUT2D eigenvalue weighted by Gasteiger charge is -2.27. The molecule has 3 rings (SSSR count). The van der Waals surface area contributed by atoms with Crippen LogP contribution in [0, 0.1) is 0 Å². The summed E-state index contributed by atoms with van der Waals surface area (Å²) < 4.78 is 44.8. The zero-order valence-corrected chi connectivity index (χ0v) is 14.7. The van der Waals surface area contributed by atoms with Gasteiger partial charge in [0.15, 0.2) is 12.0 Å². The highest BCUT2D eigenvalue weighted by molar-refractivity contribution is 6.26. The van der Waals surface area contributed by atoms with E-state index in [0.717, 1.165) is 43.6 Å². The molecule has 2 heterocycles. The van der Waals surface area contributed by atoms with Gasteiger partial charge in [0, 0.05) is 26.3 Å². The molecule has 2 aliphatic rings. The Balaban J connectivity index is 1.95. The van der Waals surface area contributed by atoms with Gasteiger partial charge in [-0.05, 0) is 43.0 Å². The maximum atomic E-state index is 13.0. The van der Waals surface area contributed by atoms with Crippen LogP contribution in [-0.4, -0.2) is 36.9 Å². The zero-order chi connectivity index (χ0) is 18.9. The van der Waals surface area contributed by atoms with E-state index in [4.69, 9.17) is 4.74 Å². The van der Waals surface area contributed by atoms with E-state index in [1.807, 2.05) is 13.1 Å². The number of nitrogens with zero attached hydrogens (tertiary/aromatic N) is 1. The van der Waals surface area contributed by atoms with Crippen LogP contribution in [0.15, 0.2) is 41.9 Å². The fourth-order valence-electron chi connectivity index (χ4n) is 3.32. The molecular weight excluding hydrogens is 345 g/mol. The summed E-state index contributed by atoms with van der Waals surface area (Å²) in [6.45, 7) is 3.78. The lowest BCUT2D eigenvalue weighted by Crippen LogP contribution is -2.29. The Bertz CT molecular complexity index is 768. The fourth-order valence-corrected chi connectivity index (χ4v) is 3.32. The molecule has 1 aromatic carbocycles. The third-order valence-corrected chi connectivity index (χ3v) is 4.66. The predicted molar refractivity (Wildman–Crippen MR) is 91.9 cm³/mol. The number of Topliss-reactive ketones (excluding diaryl/α,β-unsaturated/α-hetero) is 1. The van der Waals surface area contributed by atoms with Crippen molar-refractivity contribution in [3.05, 3.63) is 53.0 Å². The largest absolute Gasteiger partial charge is 0.462 e. The number of benzene rings is 1. The molecule has 0 saturated carbocycles. The van der Waals surface area contributed by atoms with Crippen molar-refractivity contribution in [2.24, 2.45) is 0 Å². The summed E-state index contributed by atoms with van der Waals surface area (Å²) in [7, 11) is 1.59. The molecule has 0 saturated heterocycles. The van der Waals surface area contributed by atoms with Crippen molar-refractivity contribution in [2.75, 3.05) is 20.1 Å². The van der Waals surface area contributed by atoms with Crippen molar-refractivity contribution in [2.45, 2.75) is 32.0 Å². The van der Waals surface area contributed by atoms with Crippen LogP contribution in [0.3, 0.4) is 0 Å². The number of nitrogens with one attached hydrogen (secondary N) is 1. The van der Waals surface area contributed by atoms with E-state index in [-0.39, 0.29) is 22.8 Å². The molecule has 4 nitrogen and oxygen atoms in total. The number of ether oxygens (including phenoxy) is 1. The molecule has 0 aliphatic carbocycles. The summed E-state index contributed by atoms with van der Waals surface area (Å²) in [5.74, 6) is -0.0910. The molecule has 0 amide bonds. The molecular formula is C19H21F3N2O2. The SMILES string of the molecule is CCN1C=C(C2OC(NC)=C(c3cccc(C(F)(F)F)c3)C2=O)CCC1. The highest BCUT2D eigenvalue weighted by atomic mass is 19.4.